The number of carbonyl (C=O) groups is 1. The van der Waals surface area contributed by atoms with Crippen molar-refractivity contribution in [2.45, 2.75) is 44.7 Å². The number of halogens is 1. The molecule has 1 aliphatic rings. The van der Waals surface area contributed by atoms with Crippen LogP contribution in [0.3, 0.4) is 0 Å². The van der Waals surface area contributed by atoms with Crippen LogP contribution in [0, 0.1) is 0 Å². The number of hydrogen-bond donors (Lipinski definition) is 2. The summed E-state index contributed by atoms with van der Waals surface area (Å²) in [6.45, 7) is 0.507. The number of nitrogens with one attached hydrogen (secondary N) is 1. The number of hydrogen-bond acceptors (Lipinski definition) is 4. The van der Waals surface area contributed by atoms with Gasteiger partial charge >= 0.3 is 0 Å². The lowest BCUT2D eigenvalue weighted by molar-refractivity contribution is -0.119. The number of rotatable bonds is 7. The summed E-state index contributed by atoms with van der Waals surface area (Å²) >= 11 is 6.23. The predicted octanol–water partition coefficient (Wildman–Crippen LogP) is 2.63. The first-order valence-electron chi connectivity index (χ1n) is 7.61. The van der Waals surface area contributed by atoms with Gasteiger partial charge in [-0.3, -0.25) is 4.79 Å². The number of methoxy groups -OCH3 is 1. The molecule has 122 valence electrons. The van der Waals surface area contributed by atoms with Crippen LogP contribution < -0.4 is 20.5 Å². The maximum absolute atomic E-state index is 10.8. The summed E-state index contributed by atoms with van der Waals surface area (Å²) < 4.78 is 10.6. The van der Waals surface area contributed by atoms with Gasteiger partial charge in [-0.2, -0.15) is 0 Å². The lowest BCUT2D eigenvalue weighted by atomic mass is 9.95. The van der Waals surface area contributed by atoms with Crippen molar-refractivity contribution in [3.63, 3.8) is 0 Å². The molecule has 1 fully saturated rings. The Kier molecular flexibility index (Phi) is 6.34. The Morgan fingerprint density at radius 3 is 2.73 bits per heavy atom. The van der Waals surface area contributed by atoms with Gasteiger partial charge in [-0.05, 0) is 30.5 Å². The fourth-order valence-electron chi connectivity index (χ4n) is 2.73. The van der Waals surface area contributed by atoms with Gasteiger partial charge in [0.15, 0.2) is 18.1 Å². The Labute approximate surface area is 136 Å². The van der Waals surface area contributed by atoms with Gasteiger partial charge in [0.25, 0.3) is 5.91 Å². The molecule has 2 rings (SSSR count). The van der Waals surface area contributed by atoms with E-state index in [1.165, 1.54) is 32.1 Å². The highest BCUT2D eigenvalue weighted by molar-refractivity contribution is 6.32. The highest BCUT2D eigenvalue weighted by atomic mass is 35.5. The third-order valence-corrected chi connectivity index (χ3v) is 4.13. The number of primary amides is 1. The summed E-state index contributed by atoms with van der Waals surface area (Å²) in [5.41, 5.74) is 6.11. The van der Waals surface area contributed by atoms with E-state index in [0.29, 0.717) is 22.6 Å². The van der Waals surface area contributed by atoms with E-state index in [-0.39, 0.29) is 6.61 Å². The van der Waals surface area contributed by atoms with Gasteiger partial charge in [-0.15, -0.1) is 0 Å². The fourth-order valence-corrected chi connectivity index (χ4v) is 3.02. The van der Waals surface area contributed by atoms with E-state index in [1.54, 1.807) is 7.11 Å². The Hall–Kier alpha value is -1.46. The fraction of sp³-hybridized carbons (Fsp3) is 0.562. The summed E-state index contributed by atoms with van der Waals surface area (Å²) in [5, 5.41) is 3.97. The Morgan fingerprint density at radius 1 is 1.36 bits per heavy atom. The second kappa shape index (κ2) is 8.25. The monoisotopic (exact) mass is 326 g/mol. The van der Waals surface area contributed by atoms with Gasteiger partial charge in [0.2, 0.25) is 0 Å². The van der Waals surface area contributed by atoms with Crippen molar-refractivity contribution >= 4 is 17.5 Å². The van der Waals surface area contributed by atoms with Crippen LogP contribution in [0.25, 0.3) is 0 Å². The minimum absolute atomic E-state index is 0.226. The standard InChI is InChI=1S/C16H23ClN2O3/c1-21-14-8-11(9-19-12-5-3-2-4-6-12)7-13(17)16(14)22-10-15(18)20/h7-8,12,19H,2-6,9-10H2,1H3,(H2,18,20). The van der Waals surface area contributed by atoms with Gasteiger partial charge < -0.3 is 20.5 Å². The van der Waals surface area contributed by atoms with Gasteiger partial charge in [-0.25, -0.2) is 0 Å². The van der Waals surface area contributed by atoms with E-state index in [9.17, 15) is 4.79 Å². The second-order valence-electron chi connectivity index (χ2n) is 5.58. The molecule has 0 saturated heterocycles. The summed E-state index contributed by atoms with van der Waals surface area (Å²) in [6.07, 6.45) is 6.38. The molecule has 0 aliphatic heterocycles. The third kappa shape index (κ3) is 4.78. The van der Waals surface area contributed by atoms with E-state index in [4.69, 9.17) is 26.8 Å². The number of nitrogens with two attached hydrogens (primary N) is 1. The van der Waals surface area contributed by atoms with Crippen LogP contribution in [0.2, 0.25) is 5.02 Å². The second-order valence-corrected chi connectivity index (χ2v) is 5.99. The molecule has 0 atom stereocenters. The molecule has 6 heteroatoms. The van der Waals surface area contributed by atoms with Crippen LogP contribution in [0.15, 0.2) is 12.1 Å². The quantitative estimate of drug-likeness (QED) is 0.808. The van der Waals surface area contributed by atoms with Gasteiger partial charge in [0.05, 0.1) is 12.1 Å². The van der Waals surface area contributed by atoms with Gasteiger partial charge in [0.1, 0.15) is 0 Å². The summed E-state index contributed by atoms with van der Waals surface area (Å²) in [7, 11) is 1.54. The molecule has 1 saturated carbocycles. The first-order valence-corrected chi connectivity index (χ1v) is 7.99. The molecule has 1 amide bonds. The van der Waals surface area contributed by atoms with Crippen molar-refractivity contribution in [3.05, 3.63) is 22.7 Å². The molecule has 22 heavy (non-hydrogen) atoms. The first kappa shape index (κ1) is 16.9. The van der Waals surface area contributed by atoms with Crippen molar-refractivity contribution in [2.24, 2.45) is 5.73 Å². The Morgan fingerprint density at radius 2 is 2.09 bits per heavy atom. The van der Waals surface area contributed by atoms with Crippen molar-refractivity contribution in [2.75, 3.05) is 13.7 Å². The summed E-state index contributed by atoms with van der Waals surface area (Å²) in [4.78, 5) is 10.8. The topological polar surface area (TPSA) is 73.6 Å². The molecule has 0 aromatic heterocycles. The van der Waals surface area contributed by atoms with Crippen LogP contribution in [-0.4, -0.2) is 25.7 Å². The van der Waals surface area contributed by atoms with Crippen LogP contribution >= 0.6 is 11.6 Å². The predicted molar refractivity (Wildman–Crippen MR) is 86.4 cm³/mol. The van der Waals surface area contributed by atoms with Crippen molar-refractivity contribution < 1.29 is 14.3 Å². The van der Waals surface area contributed by atoms with E-state index in [2.05, 4.69) is 5.32 Å². The van der Waals surface area contributed by atoms with Crippen LogP contribution in [0.4, 0.5) is 0 Å². The minimum atomic E-state index is -0.554. The van der Waals surface area contributed by atoms with Crippen LogP contribution in [0.1, 0.15) is 37.7 Å². The summed E-state index contributed by atoms with van der Waals surface area (Å²) in [5.74, 6) is 0.305. The average molecular weight is 327 g/mol. The van der Waals surface area contributed by atoms with Gasteiger partial charge in [-0.1, -0.05) is 30.9 Å². The number of ether oxygens (including phenoxy) is 2. The molecule has 0 radical (unpaired) electrons. The lowest BCUT2D eigenvalue weighted by Gasteiger charge is -2.23. The molecule has 1 aromatic carbocycles. The van der Waals surface area contributed by atoms with E-state index < -0.39 is 5.91 Å². The molecular weight excluding hydrogens is 304 g/mol. The van der Waals surface area contributed by atoms with E-state index >= 15 is 0 Å². The molecule has 3 N–H and O–H groups in total. The molecule has 0 heterocycles. The third-order valence-electron chi connectivity index (χ3n) is 3.85. The summed E-state index contributed by atoms with van der Waals surface area (Å²) in [6, 6.07) is 4.28. The highest BCUT2D eigenvalue weighted by Gasteiger charge is 2.15. The van der Waals surface area contributed by atoms with Crippen LogP contribution in [0.5, 0.6) is 11.5 Å². The molecule has 0 unspecified atom stereocenters. The van der Waals surface area contributed by atoms with E-state index in [1.807, 2.05) is 12.1 Å². The van der Waals surface area contributed by atoms with Crippen molar-refractivity contribution in [1.29, 1.82) is 0 Å². The molecule has 1 aliphatic carbocycles. The largest absolute Gasteiger partial charge is 0.493 e. The smallest absolute Gasteiger partial charge is 0.255 e. The van der Waals surface area contributed by atoms with Crippen LogP contribution in [-0.2, 0) is 11.3 Å². The molecule has 5 nitrogen and oxygen atoms in total. The number of carbonyl (C=O) groups excluding carboxylic acids is 1. The number of benzene rings is 1. The molecule has 0 spiro atoms. The van der Waals surface area contributed by atoms with Gasteiger partial charge in [0, 0.05) is 12.6 Å². The molecular formula is C16H23ClN2O3. The maximum Gasteiger partial charge on any atom is 0.255 e. The Bertz CT molecular complexity index is 516. The first-order chi connectivity index (χ1) is 10.6. The normalized spacial score (nSPS) is 15.5. The minimum Gasteiger partial charge on any atom is -0.493 e. The SMILES string of the molecule is COc1cc(CNC2CCCCC2)cc(Cl)c1OCC(N)=O. The highest BCUT2D eigenvalue weighted by Crippen LogP contribution is 2.36. The number of amides is 1. The molecule has 1 aromatic rings. The Balaban J connectivity index is 2.02. The van der Waals surface area contributed by atoms with Crippen molar-refractivity contribution in [1.82, 2.24) is 5.32 Å². The average Bonchev–Trinajstić information content (AvgIpc) is 2.52. The zero-order valence-electron chi connectivity index (χ0n) is 12.9. The maximum atomic E-state index is 10.8. The zero-order chi connectivity index (χ0) is 15.9. The lowest BCUT2D eigenvalue weighted by Crippen LogP contribution is -2.30. The van der Waals surface area contributed by atoms with Crippen molar-refractivity contribution in [3.8, 4) is 11.5 Å². The van der Waals surface area contributed by atoms with E-state index in [0.717, 1.165) is 12.1 Å². The zero-order valence-corrected chi connectivity index (χ0v) is 13.6. The molecule has 0 bridgehead atoms.